The minimum Gasteiger partial charge on any atom is -0.365 e. The molecule has 0 spiro atoms. The van der Waals surface area contributed by atoms with Crippen molar-refractivity contribution in [2.75, 3.05) is 14.1 Å². The monoisotopic (exact) mass is 207 g/mol. The maximum absolute atomic E-state index is 4.99. The summed E-state index contributed by atoms with van der Waals surface area (Å²) in [4.78, 5) is 4.12. The molecule has 0 unspecified atom stereocenters. The van der Waals surface area contributed by atoms with Crippen molar-refractivity contribution in [2.45, 2.75) is 0 Å². The summed E-state index contributed by atoms with van der Waals surface area (Å²) >= 11 is 4.99. The molecular formula is C10H13N3S. The SMILES string of the molecule is CN=C(NC(=S)NC)c1ccccc1. The van der Waals surface area contributed by atoms with Crippen molar-refractivity contribution in [3.05, 3.63) is 35.9 Å². The number of thiocarbonyl (C=S) groups is 1. The summed E-state index contributed by atoms with van der Waals surface area (Å²) in [5.41, 5.74) is 1.02. The van der Waals surface area contributed by atoms with Gasteiger partial charge in [-0.3, -0.25) is 4.99 Å². The summed E-state index contributed by atoms with van der Waals surface area (Å²) in [5.74, 6) is 0.768. The Balaban J connectivity index is 2.79. The van der Waals surface area contributed by atoms with Crippen LogP contribution < -0.4 is 10.6 Å². The Kier molecular flexibility index (Phi) is 4.07. The summed E-state index contributed by atoms with van der Waals surface area (Å²) in [6.45, 7) is 0. The number of benzene rings is 1. The van der Waals surface area contributed by atoms with Crippen LogP contribution in [0.25, 0.3) is 0 Å². The van der Waals surface area contributed by atoms with E-state index in [9.17, 15) is 0 Å². The second-order valence-corrected chi connectivity index (χ2v) is 3.05. The van der Waals surface area contributed by atoms with Crippen molar-refractivity contribution in [2.24, 2.45) is 4.99 Å². The number of nitrogens with one attached hydrogen (secondary N) is 2. The Bertz CT molecular complexity index is 332. The first-order valence-electron chi connectivity index (χ1n) is 4.29. The van der Waals surface area contributed by atoms with Gasteiger partial charge in [0.25, 0.3) is 0 Å². The van der Waals surface area contributed by atoms with Gasteiger partial charge in [-0.2, -0.15) is 0 Å². The molecule has 3 nitrogen and oxygen atoms in total. The molecule has 2 N–H and O–H groups in total. The molecule has 0 saturated carbocycles. The predicted molar refractivity (Wildman–Crippen MR) is 63.7 cm³/mol. The van der Waals surface area contributed by atoms with Crippen molar-refractivity contribution in [3.8, 4) is 0 Å². The van der Waals surface area contributed by atoms with E-state index in [2.05, 4.69) is 15.6 Å². The Morgan fingerprint density at radius 3 is 2.43 bits per heavy atom. The molecule has 0 aromatic heterocycles. The highest BCUT2D eigenvalue weighted by molar-refractivity contribution is 7.80. The van der Waals surface area contributed by atoms with Gasteiger partial charge in [0.15, 0.2) is 5.11 Å². The van der Waals surface area contributed by atoms with E-state index in [1.165, 1.54) is 0 Å². The number of amidine groups is 1. The Labute approximate surface area is 89.2 Å². The van der Waals surface area contributed by atoms with Crippen LogP contribution >= 0.6 is 12.2 Å². The third kappa shape index (κ3) is 2.81. The van der Waals surface area contributed by atoms with Crippen LogP contribution in [0.1, 0.15) is 5.56 Å². The standard InChI is InChI=1S/C10H13N3S/c1-11-9(13-10(14)12-2)8-6-4-3-5-7-8/h3-7H,1-2H3,(H2,11,12,13,14). The second-order valence-electron chi connectivity index (χ2n) is 2.64. The summed E-state index contributed by atoms with van der Waals surface area (Å²) in [6, 6.07) is 9.85. The van der Waals surface area contributed by atoms with Gasteiger partial charge in [-0.1, -0.05) is 30.3 Å². The van der Waals surface area contributed by atoms with Gasteiger partial charge in [-0.25, -0.2) is 0 Å². The number of hydrogen-bond acceptors (Lipinski definition) is 2. The highest BCUT2D eigenvalue weighted by atomic mass is 32.1. The van der Waals surface area contributed by atoms with E-state index < -0.39 is 0 Å². The van der Waals surface area contributed by atoms with Gasteiger partial charge >= 0.3 is 0 Å². The van der Waals surface area contributed by atoms with E-state index in [4.69, 9.17) is 12.2 Å². The molecule has 0 radical (unpaired) electrons. The molecule has 14 heavy (non-hydrogen) atoms. The van der Waals surface area contributed by atoms with Gasteiger partial charge < -0.3 is 10.6 Å². The Hall–Kier alpha value is -1.42. The highest BCUT2D eigenvalue weighted by Crippen LogP contribution is 1.98. The topological polar surface area (TPSA) is 36.4 Å². The minimum atomic E-state index is 0.564. The van der Waals surface area contributed by atoms with Crippen LogP contribution in [0.2, 0.25) is 0 Å². The zero-order valence-electron chi connectivity index (χ0n) is 8.24. The number of nitrogens with zero attached hydrogens (tertiary/aromatic N) is 1. The van der Waals surface area contributed by atoms with Crippen LogP contribution in [-0.2, 0) is 0 Å². The van der Waals surface area contributed by atoms with Crippen LogP contribution in [0.15, 0.2) is 35.3 Å². The Morgan fingerprint density at radius 1 is 1.29 bits per heavy atom. The first kappa shape index (κ1) is 10.7. The molecular weight excluding hydrogens is 194 g/mol. The first-order chi connectivity index (χ1) is 6.77. The van der Waals surface area contributed by atoms with E-state index in [-0.39, 0.29) is 0 Å². The van der Waals surface area contributed by atoms with E-state index in [0.29, 0.717) is 5.11 Å². The third-order valence-electron chi connectivity index (χ3n) is 1.73. The van der Waals surface area contributed by atoms with E-state index >= 15 is 0 Å². The van der Waals surface area contributed by atoms with Gasteiger partial charge in [0.05, 0.1) is 0 Å². The van der Waals surface area contributed by atoms with Crippen molar-refractivity contribution in [3.63, 3.8) is 0 Å². The minimum absolute atomic E-state index is 0.564. The van der Waals surface area contributed by atoms with Gasteiger partial charge in [0.1, 0.15) is 5.84 Å². The maximum Gasteiger partial charge on any atom is 0.171 e. The maximum atomic E-state index is 4.99. The fourth-order valence-corrected chi connectivity index (χ4v) is 1.12. The normalized spacial score (nSPS) is 10.9. The molecule has 0 heterocycles. The van der Waals surface area contributed by atoms with Crippen molar-refractivity contribution < 1.29 is 0 Å². The predicted octanol–water partition coefficient (Wildman–Crippen LogP) is 1.16. The molecule has 1 aromatic rings. The highest BCUT2D eigenvalue weighted by Gasteiger charge is 2.01. The van der Waals surface area contributed by atoms with Gasteiger partial charge in [-0.15, -0.1) is 0 Å². The first-order valence-corrected chi connectivity index (χ1v) is 4.69. The summed E-state index contributed by atoms with van der Waals surface area (Å²) in [5, 5.41) is 6.41. The molecule has 0 saturated heterocycles. The quantitative estimate of drug-likeness (QED) is 0.412. The molecule has 1 aromatic carbocycles. The largest absolute Gasteiger partial charge is 0.365 e. The van der Waals surface area contributed by atoms with Crippen LogP contribution in [0.4, 0.5) is 0 Å². The number of rotatable bonds is 1. The smallest absolute Gasteiger partial charge is 0.171 e. The molecule has 0 bridgehead atoms. The Morgan fingerprint density at radius 2 is 1.93 bits per heavy atom. The van der Waals surface area contributed by atoms with Crippen molar-refractivity contribution in [1.29, 1.82) is 0 Å². The molecule has 1 rings (SSSR count). The van der Waals surface area contributed by atoms with Crippen molar-refractivity contribution >= 4 is 23.2 Å². The van der Waals surface area contributed by atoms with Crippen LogP contribution in [0.5, 0.6) is 0 Å². The van der Waals surface area contributed by atoms with Gasteiger partial charge in [0.2, 0.25) is 0 Å². The zero-order chi connectivity index (χ0) is 10.4. The second kappa shape index (κ2) is 5.34. The van der Waals surface area contributed by atoms with Crippen LogP contribution in [-0.4, -0.2) is 25.0 Å². The van der Waals surface area contributed by atoms with E-state index in [0.717, 1.165) is 11.4 Å². The lowest BCUT2D eigenvalue weighted by Crippen LogP contribution is -2.37. The van der Waals surface area contributed by atoms with Crippen LogP contribution in [0, 0.1) is 0 Å². The fourth-order valence-electron chi connectivity index (χ4n) is 1.02. The summed E-state index contributed by atoms with van der Waals surface area (Å²) in [6.07, 6.45) is 0. The van der Waals surface area contributed by atoms with E-state index in [1.807, 2.05) is 30.3 Å². The number of hydrogen-bond donors (Lipinski definition) is 2. The molecule has 4 heteroatoms. The van der Waals surface area contributed by atoms with Gasteiger partial charge in [0, 0.05) is 19.7 Å². The lowest BCUT2D eigenvalue weighted by Gasteiger charge is -2.09. The third-order valence-corrected chi connectivity index (χ3v) is 2.04. The fraction of sp³-hybridized carbons (Fsp3) is 0.200. The molecule has 0 aliphatic rings. The summed E-state index contributed by atoms with van der Waals surface area (Å²) in [7, 11) is 3.50. The average Bonchev–Trinajstić information content (AvgIpc) is 2.26. The number of aliphatic imine (C=N–C) groups is 1. The van der Waals surface area contributed by atoms with E-state index in [1.54, 1.807) is 14.1 Å². The lowest BCUT2D eigenvalue weighted by atomic mass is 10.2. The summed E-state index contributed by atoms with van der Waals surface area (Å²) < 4.78 is 0. The molecule has 0 aliphatic carbocycles. The molecule has 0 amide bonds. The van der Waals surface area contributed by atoms with Crippen molar-refractivity contribution in [1.82, 2.24) is 10.6 Å². The molecule has 74 valence electrons. The van der Waals surface area contributed by atoms with Crippen LogP contribution in [0.3, 0.4) is 0 Å². The zero-order valence-corrected chi connectivity index (χ0v) is 9.06. The average molecular weight is 207 g/mol. The molecule has 0 fully saturated rings. The molecule has 0 aliphatic heterocycles. The lowest BCUT2D eigenvalue weighted by molar-refractivity contribution is 1.12. The molecule has 0 atom stereocenters. The van der Waals surface area contributed by atoms with Gasteiger partial charge in [-0.05, 0) is 12.2 Å².